The molecule has 0 bridgehead atoms. The molecule has 7 nitrogen and oxygen atoms in total. The van der Waals surface area contributed by atoms with E-state index in [1.54, 1.807) is 0 Å². The number of nitrogens with zero attached hydrogens (tertiary/aromatic N) is 3. The van der Waals surface area contributed by atoms with E-state index in [-0.39, 0.29) is 36.2 Å². The van der Waals surface area contributed by atoms with Gasteiger partial charge in [-0.05, 0) is 37.8 Å². The van der Waals surface area contributed by atoms with Crippen molar-refractivity contribution in [3.63, 3.8) is 0 Å². The molecule has 4 rings (SSSR count). The van der Waals surface area contributed by atoms with Crippen LogP contribution >= 0.6 is 15.9 Å². The molecule has 1 aliphatic carbocycles. The monoisotopic (exact) mass is 433 g/mol. The van der Waals surface area contributed by atoms with Crippen LogP contribution in [0.5, 0.6) is 0 Å². The maximum absolute atomic E-state index is 12.3. The van der Waals surface area contributed by atoms with Gasteiger partial charge in [0, 0.05) is 29.0 Å². The van der Waals surface area contributed by atoms with Crippen LogP contribution in [-0.2, 0) is 20.9 Å². The predicted molar refractivity (Wildman–Crippen MR) is 99.3 cm³/mol. The second-order valence-corrected chi connectivity index (χ2v) is 7.92. The Labute approximate surface area is 165 Å². The molecular formula is C19H20BrN3O4. The second kappa shape index (κ2) is 7.80. The van der Waals surface area contributed by atoms with E-state index in [2.05, 4.69) is 26.1 Å². The number of piperidine rings is 1. The van der Waals surface area contributed by atoms with Gasteiger partial charge >= 0.3 is 5.97 Å². The summed E-state index contributed by atoms with van der Waals surface area (Å²) in [5, 5.41) is 3.93. The highest BCUT2D eigenvalue weighted by atomic mass is 79.9. The number of aromatic nitrogens is 2. The first-order valence-electron chi connectivity index (χ1n) is 9.14. The van der Waals surface area contributed by atoms with Crippen LogP contribution in [0.3, 0.4) is 0 Å². The predicted octanol–water partition coefficient (Wildman–Crippen LogP) is 3.19. The summed E-state index contributed by atoms with van der Waals surface area (Å²) in [5.41, 5.74) is 0.818. The number of carbonyl (C=O) groups is 2. The number of hydrogen-bond donors (Lipinski definition) is 0. The van der Waals surface area contributed by atoms with Crippen LogP contribution in [0.15, 0.2) is 33.3 Å². The Balaban J connectivity index is 1.27. The van der Waals surface area contributed by atoms with Gasteiger partial charge in [-0.1, -0.05) is 33.2 Å². The summed E-state index contributed by atoms with van der Waals surface area (Å²) in [6.45, 7) is 1.21. The number of halogens is 1. The smallest absolute Gasteiger partial charge is 0.309 e. The number of carbonyl (C=O) groups excluding carboxylic acids is 2. The Bertz CT molecular complexity index is 841. The van der Waals surface area contributed by atoms with Crippen molar-refractivity contribution in [3.8, 4) is 11.4 Å². The second-order valence-electron chi connectivity index (χ2n) is 7.00. The first-order valence-corrected chi connectivity index (χ1v) is 9.93. The minimum Gasteiger partial charge on any atom is -0.455 e. The number of esters is 1. The van der Waals surface area contributed by atoms with Gasteiger partial charge in [-0.2, -0.15) is 4.98 Å². The molecule has 0 unspecified atom stereocenters. The van der Waals surface area contributed by atoms with Gasteiger partial charge in [-0.3, -0.25) is 9.59 Å². The van der Waals surface area contributed by atoms with Gasteiger partial charge in [0.05, 0.1) is 5.92 Å². The minimum absolute atomic E-state index is 0.0406. The molecule has 1 aliphatic heterocycles. The van der Waals surface area contributed by atoms with E-state index in [0.717, 1.165) is 22.9 Å². The van der Waals surface area contributed by atoms with E-state index in [4.69, 9.17) is 9.26 Å². The summed E-state index contributed by atoms with van der Waals surface area (Å²) >= 11 is 3.40. The van der Waals surface area contributed by atoms with E-state index in [1.165, 1.54) is 0 Å². The Hall–Kier alpha value is -2.22. The molecule has 142 valence electrons. The maximum atomic E-state index is 12.3. The molecule has 1 saturated carbocycles. The van der Waals surface area contributed by atoms with Crippen molar-refractivity contribution in [2.24, 2.45) is 11.8 Å². The molecule has 1 aromatic carbocycles. The number of hydrogen-bond acceptors (Lipinski definition) is 6. The summed E-state index contributed by atoms with van der Waals surface area (Å²) < 4.78 is 11.4. The summed E-state index contributed by atoms with van der Waals surface area (Å²) in [4.78, 5) is 30.5. The number of likely N-dealkylation sites (tertiary alicyclic amines) is 1. The van der Waals surface area contributed by atoms with E-state index in [9.17, 15) is 9.59 Å². The molecule has 8 heteroatoms. The highest BCUT2D eigenvalue weighted by Gasteiger charge is 2.36. The Kier molecular flexibility index (Phi) is 5.24. The van der Waals surface area contributed by atoms with Crippen LogP contribution < -0.4 is 0 Å². The lowest BCUT2D eigenvalue weighted by atomic mass is 9.97. The van der Waals surface area contributed by atoms with Gasteiger partial charge < -0.3 is 14.2 Å². The van der Waals surface area contributed by atoms with Crippen LogP contribution in [-0.4, -0.2) is 40.0 Å². The summed E-state index contributed by atoms with van der Waals surface area (Å²) in [6.07, 6.45) is 3.30. The van der Waals surface area contributed by atoms with Gasteiger partial charge in [0.1, 0.15) is 0 Å². The van der Waals surface area contributed by atoms with Gasteiger partial charge in [0.2, 0.25) is 11.7 Å². The molecule has 27 heavy (non-hydrogen) atoms. The molecule has 0 spiro atoms. The molecule has 0 N–H and O–H groups in total. The molecule has 1 aromatic heterocycles. The SMILES string of the molecule is O=C(OCc1nc(-c2cccc(Br)c2)no1)C1CCN(C(=O)C2CC2)CC1. The third-order valence-corrected chi connectivity index (χ3v) is 5.45. The molecule has 2 fully saturated rings. The quantitative estimate of drug-likeness (QED) is 0.672. The number of rotatable bonds is 5. The Morgan fingerprint density at radius 3 is 2.67 bits per heavy atom. The van der Waals surface area contributed by atoms with Crippen molar-refractivity contribution in [3.05, 3.63) is 34.6 Å². The zero-order chi connectivity index (χ0) is 18.8. The molecule has 1 saturated heterocycles. The first kappa shape index (κ1) is 18.2. The van der Waals surface area contributed by atoms with Crippen molar-refractivity contribution < 1.29 is 18.8 Å². The van der Waals surface area contributed by atoms with Crippen LogP contribution in [0.25, 0.3) is 11.4 Å². The average molecular weight is 434 g/mol. The van der Waals surface area contributed by atoms with Gasteiger partial charge in [-0.25, -0.2) is 0 Å². The standard InChI is InChI=1S/C19H20BrN3O4/c20-15-3-1-2-14(10-15)17-21-16(27-22-17)11-26-19(25)13-6-8-23(9-7-13)18(24)12-4-5-12/h1-3,10,12-13H,4-9,11H2. The molecule has 1 amide bonds. The van der Waals surface area contributed by atoms with E-state index in [1.807, 2.05) is 29.2 Å². The van der Waals surface area contributed by atoms with Crippen molar-refractivity contribution in [2.45, 2.75) is 32.3 Å². The first-order chi connectivity index (χ1) is 13.1. The molecule has 0 atom stereocenters. The normalized spacial score (nSPS) is 17.7. The third-order valence-electron chi connectivity index (χ3n) is 4.96. The number of amides is 1. The number of benzene rings is 1. The highest BCUT2D eigenvalue weighted by molar-refractivity contribution is 9.10. The summed E-state index contributed by atoms with van der Waals surface area (Å²) in [6, 6.07) is 7.56. The van der Waals surface area contributed by atoms with Crippen LogP contribution in [0, 0.1) is 11.8 Å². The lowest BCUT2D eigenvalue weighted by Gasteiger charge is -2.30. The lowest BCUT2D eigenvalue weighted by molar-refractivity contribution is -0.153. The fraction of sp³-hybridized carbons (Fsp3) is 0.474. The third kappa shape index (κ3) is 4.37. The summed E-state index contributed by atoms with van der Waals surface area (Å²) in [7, 11) is 0. The van der Waals surface area contributed by atoms with Gasteiger partial charge in [0.15, 0.2) is 6.61 Å². The van der Waals surface area contributed by atoms with Crippen LogP contribution in [0.2, 0.25) is 0 Å². The van der Waals surface area contributed by atoms with Crippen molar-refractivity contribution in [2.75, 3.05) is 13.1 Å². The van der Waals surface area contributed by atoms with E-state index < -0.39 is 0 Å². The zero-order valence-electron chi connectivity index (χ0n) is 14.8. The summed E-state index contributed by atoms with van der Waals surface area (Å²) in [5.74, 6) is 0.739. The van der Waals surface area contributed by atoms with Crippen molar-refractivity contribution >= 4 is 27.8 Å². The fourth-order valence-corrected chi connectivity index (χ4v) is 3.63. The van der Waals surface area contributed by atoms with Gasteiger partial charge in [-0.15, -0.1) is 0 Å². The molecule has 2 aliphatic rings. The van der Waals surface area contributed by atoms with Crippen molar-refractivity contribution in [1.82, 2.24) is 15.0 Å². The topological polar surface area (TPSA) is 85.5 Å². The largest absolute Gasteiger partial charge is 0.455 e. The Morgan fingerprint density at radius 1 is 1.19 bits per heavy atom. The minimum atomic E-state index is -0.268. The zero-order valence-corrected chi connectivity index (χ0v) is 16.4. The number of ether oxygens (including phenoxy) is 1. The molecular weight excluding hydrogens is 414 g/mol. The fourth-order valence-electron chi connectivity index (χ4n) is 3.23. The average Bonchev–Trinajstić information content (AvgIpc) is 3.43. The maximum Gasteiger partial charge on any atom is 0.309 e. The molecule has 2 heterocycles. The molecule has 0 radical (unpaired) electrons. The van der Waals surface area contributed by atoms with Gasteiger partial charge in [0.25, 0.3) is 5.89 Å². The van der Waals surface area contributed by atoms with Crippen molar-refractivity contribution in [1.29, 1.82) is 0 Å². The molecule has 2 aromatic rings. The lowest BCUT2D eigenvalue weighted by Crippen LogP contribution is -2.41. The highest BCUT2D eigenvalue weighted by Crippen LogP contribution is 2.32. The van der Waals surface area contributed by atoms with Crippen LogP contribution in [0.4, 0.5) is 0 Å². The van der Waals surface area contributed by atoms with E-state index >= 15 is 0 Å². The van der Waals surface area contributed by atoms with Crippen LogP contribution in [0.1, 0.15) is 31.6 Å². The Morgan fingerprint density at radius 2 is 1.96 bits per heavy atom. The van der Waals surface area contributed by atoms with E-state index in [0.29, 0.717) is 31.8 Å².